The molecule has 0 heterocycles. The smallest absolute Gasteiger partial charge is 0.0805 e. The number of rotatable bonds is 14. The highest BCUT2D eigenvalue weighted by Crippen LogP contribution is 2.01. The number of ether oxygens (including phenoxy) is 4. The third-order valence-corrected chi connectivity index (χ3v) is 2.56. The van der Waals surface area contributed by atoms with Crippen LogP contribution in [0.15, 0.2) is 0 Å². The number of hydrogen-bond acceptors (Lipinski definition) is 4. The minimum atomic E-state index is 0.222. The largest absolute Gasteiger partial charge is 0.379 e. The Labute approximate surface area is 112 Å². The van der Waals surface area contributed by atoms with Gasteiger partial charge in [0.1, 0.15) is 0 Å². The van der Waals surface area contributed by atoms with Crippen molar-refractivity contribution in [3.8, 4) is 0 Å². The van der Waals surface area contributed by atoms with E-state index in [9.17, 15) is 0 Å². The summed E-state index contributed by atoms with van der Waals surface area (Å²) in [6, 6.07) is 0. The van der Waals surface area contributed by atoms with Gasteiger partial charge >= 0.3 is 0 Å². The second-order valence-corrected chi connectivity index (χ2v) is 4.14. The summed E-state index contributed by atoms with van der Waals surface area (Å²) < 4.78 is 21.8. The molecule has 110 valence electrons. The van der Waals surface area contributed by atoms with Crippen LogP contribution in [0.1, 0.15) is 40.0 Å². The zero-order valence-electron chi connectivity index (χ0n) is 12.3. The number of hydrogen-bond donors (Lipinski definition) is 0. The maximum Gasteiger partial charge on any atom is 0.0805 e. The standard InChI is InChI=1S/C14H30O4/c1-4-7-8-18-14(5-2)13-17-12-11-16-10-9-15-6-3/h14H,4-13H2,1-3H3. The molecule has 1 unspecified atom stereocenters. The molecule has 0 saturated carbocycles. The van der Waals surface area contributed by atoms with E-state index in [0.717, 1.165) is 26.1 Å². The molecule has 4 nitrogen and oxygen atoms in total. The van der Waals surface area contributed by atoms with Crippen molar-refractivity contribution in [1.29, 1.82) is 0 Å². The molecule has 0 N–H and O–H groups in total. The average Bonchev–Trinajstić information content (AvgIpc) is 2.40. The molecule has 0 saturated heterocycles. The Balaban J connectivity index is 3.23. The highest BCUT2D eigenvalue weighted by molar-refractivity contribution is 4.53. The topological polar surface area (TPSA) is 36.9 Å². The first-order valence-corrected chi connectivity index (χ1v) is 7.19. The van der Waals surface area contributed by atoms with Gasteiger partial charge in [-0.15, -0.1) is 0 Å². The normalized spacial score (nSPS) is 12.8. The van der Waals surface area contributed by atoms with Crippen LogP contribution < -0.4 is 0 Å². The molecule has 0 aliphatic heterocycles. The fraction of sp³-hybridized carbons (Fsp3) is 1.00. The highest BCUT2D eigenvalue weighted by Gasteiger charge is 2.05. The third-order valence-electron chi connectivity index (χ3n) is 2.56. The first-order chi connectivity index (χ1) is 8.85. The molecule has 1 atom stereocenters. The van der Waals surface area contributed by atoms with Gasteiger partial charge < -0.3 is 18.9 Å². The summed E-state index contributed by atoms with van der Waals surface area (Å²) >= 11 is 0. The Hall–Kier alpha value is -0.160. The predicted molar refractivity (Wildman–Crippen MR) is 73.1 cm³/mol. The van der Waals surface area contributed by atoms with Crippen molar-refractivity contribution in [3.05, 3.63) is 0 Å². The van der Waals surface area contributed by atoms with E-state index in [4.69, 9.17) is 18.9 Å². The lowest BCUT2D eigenvalue weighted by Gasteiger charge is -2.16. The van der Waals surface area contributed by atoms with E-state index in [0.29, 0.717) is 33.0 Å². The molecular formula is C14H30O4. The quantitative estimate of drug-likeness (QED) is 0.451. The van der Waals surface area contributed by atoms with Crippen LogP contribution in [-0.2, 0) is 18.9 Å². The Morgan fingerprint density at radius 2 is 1.44 bits per heavy atom. The molecule has 0 aromatic rings. The van der Waals surface area contributed by atoms with Gasteiger partial charge in [-0.1, -0.05) is 20.3 Å². The lowest BCUT2D eigenvalue weighted by molar-refractivity contribution is -0.0374. The highest BCUT2D eigenvalue weighted by atomic mass is 16.6. The van der Waals surface area contributed by atoms with Gasteiger partial charge in [-0.25, -0.2) is 0 Å². The van der Waals surface area contributed by atoms with E-state index in [1.165, 1.54) is 6.42 Å². The van der Waals surface area contributed by atoms with E-state index in [2.05, 4.69) is 13.8 Å². The van der Waals surface area contributed by atoms with Crippen molar-refractivity contribution in [2.45, 2.75) is 46.1 Å². The zero-order chi connectivity index (χ0) is 13.5. The van der Waals surface area contributed by atoms with Gasteiger partial charge in [0.2, 0.25) is 0 Å². The van der Waals surface area contributed by atoms with Gasteiger partial charge in [0.15, 0.2) is 0 Å². The van der Waals surface area contributed by atoms with Crippen molar-refractivity contribution in [2.75, 3.05) is 46.2 Å². The fourth-order valence-corrected chi connectivity index (χ4v) is 1.38. The lowest BCUT2D eigenvalue weighted by atomic mass is 10.3. The second-order valence-electron chi connectivity index (χ2n) is 4.14. The SMILES string of the molecule is CCCCOC(CC)COCCOCCOCC. The molecule has 0 aliphatic carbocycles. The molecule has 0 fully saturated rings. The first-order valence-electron chi connectivity index (χ1n) is 7.19. The summed E-state index contributed by atoms with van der Waals surface area (Å²) in [5, 5.41) is 0. The molecule has 0 bridgehead atoms. The Kier molecular flexibility index (Phi) is 14.8. The van der Waals surface area contributed by atoms with Crippen LogP contribution in [0.25, 0.3) is 0 Å². The molecule has 0 spiro atoms. The Morgan fingerprint density at radius 1 is 0.778 bits per heavy atom. The number of unbranched alkanes of at least 4 members (excludes halogenated alkanes) is 1. The summed E-state index contributed by atoms with van der Waals surface area (Å²) in [5.41, 5.74) is 0. The van der Waals surface area contributed by atoms with Gasteiger partial charge in [0.05, 0.1) is 39.1 Å². The minimum Gasteiger partial charge on any atom is -0.379 e. The van der Waals surface area contributed by atoms with Crippen LogP contribution in [0.5, 0.6) is 0 Å². The van der Waals surface area contributed by atoms with Crippen molar-refractivity contribution in [1.82, 2.24) is 0 Å². The van der Waals surface area contributed by atoms with Crippen LogP contribution in [0.4, 0.5) is 0 Å². The van der Waals surface area contributed by atoms with Crippen LogP contribution in [0.2, 0.25) is 0 Å². The van der Waals surface area contributed by atoms with E-state index in [1.54, 1.807) is 0 Å². The molecule has 4 heteroatoms. The van der Waals surface area contributed by atoms with Crippen LogP contribution in [-0.4, -0.2) is 52.4 Å². The zero-order valence-corrected chi connectivity index (χ0v) is 12.3. The van der Waals surface area contributed by atoms with Gasteiger partial charge in [-0.2, -0.15) is 0 Å². The van der Waals surface area contributed by atoms with Gasteiger partial charge in [0, 0.05) is 13.2 Å². The van der Waals surface area contributed by atoms with Gasteiger partial charge in [-0.3, -0.25) is 0 Å². The van der Waals surface area contributed by atoms with Gasteiger partial charge in [0.25, 0.3) is 0 Å². The molecule has 0 aromatic carbocycles. The van der Waals surface area contributed by atoms with Crippen molar-refractivity contribution in [2.24, 2.45) is 0 Å². The molecule has 18 heavy (non-hydrogen) atoms. The molecule has 0 radical (unpaired) electrons. The van der Waals surface area contributed by atoms with E-state index >= 15 is 0 Å². The third kappa shape index (κ3) is 12.3. The molecule has 0 aromatic heterocycles. The predicted octanol–water partition coefficient (Wildman–Crippen LogP) is 2.65. The van der Waals surface area contributed by atoms with E-state index in [1.807, 2.05) is 6.92 Å². The maximum atomic E-state index is 5.71. The minimum absolute atomic E-state index is 0.222. The van der Waals surface area contributed by atoms with E-state index < -0.39 is 0 Å². The average molecular weight is 262 g/mol. The molecule has 0 aliphatic rings. The summed E-state index contributed by atoms with van der Waals surface area (Å²) in [7, 11) is 0. The lowest BCUT2D eigenvalue weighted by Crippen LogP contribution is -2.21. The second kappa shape index (κ2) is 14.9. The van der Waals surface area contributed by atoms with E-state index in [-0.39, 0.29) is 6.10 Å². The summed E-state index contributed by atoms with van der Waals surface area (Å²) in [6.45, 7) is 11.1. The Bertz CT molecular complexity index is 153. The monoisotopic (exact) mass is 262 g/mol. The van der Waals surface area contributed by atoms with Gasteiger partial charge in [-0.05, 0) is 19.8 Å². The first kappa shape index (κ1) is 17.8. The van der Waals surface area contributed by atoms with Crippen molar-refractivity contribution in [3.63, 3.8) is 0 Å². The Morgan fingerprint density at radius 3 is 2.06 bits per heavy atom. The maximum absolute atomic E-state index is 5.71. The summed E-state index contributed by atoms with van der Waals surface area (Å²) in [6.07, 6.45) is 3.51. The van der Waals surface area contributed by atoms with Crippen LogP contribution in [0, 0.1) is 0 Å². The van der Waals surface area contributed by atoms with Crippen molar-refractivity contribution >= 4 is 0 Å². The summed E-state index contributed by atoms with van der Waals surface area (Å²) in [4.78, 5) is 0. The molecule has 0 rings (SSSR count). The fourth-order valence-electron chi connectivity index (χ4n) is 1.38. The van der Waals surface area contributed by atoms with Crippen LogP contribution in [0.3, 0.4) is 0 Å². The van der Waals surface area contributed by atoms with Crippen LogP contribution >= 0.6 is 0 Å². The summed E-state index contributed by atoms with van der Waals surface area (Å²) in [5.74, 6) is 0. The molecule has 0 amide bonds. The molecular weight excluding hydrogens is 232 g/mol. The van der Waals surface area contributed by atoms with Crippen molar-refractivity contribution < 1.29 is 18.9 Å².